The minimum Gasteiger partial charge on any atom is -0.392 e. The van der Waals surface area contributed by atoms with Crippen LogP contribution in [0.1, 0.15) is 36.3 Å². The maximum atomic E-state index is 12.4. The van der Waals surface area contributed by atoms with Gasteiger partial charge in [-0.05, 0) is 12.8 Å². The summed E-state index contributed by atoms with van der Waals surface area (Å²) < 4.78 is 1.66. The van der Waals surface area contributed by atoms with Crippen molar-refractivity contribution in [2.24, 2.45) is 12.8 Å². The molecule has 0 bridgehead atoms. The summed E-state index contributed by atoms with van der Waals surface area (Å²) in [5.41, 5.74) is 6.99. The van der Waals surface area contributed by atoms with E-state index in [0.29, 0.717) is 23.6 Å². The summed E-state index contributed by atoms with van der Waals surface area (Å²) >= 11 is 4.88. The molecule has 0 saturated heterocycles. The third kappa shape index (κ3) is 3.53. The van der Waals surface area contributed by atoms with E-state index < -0.39 is 0 Å². The molecule has 1 aromatic heterocycles. The molecule has 0 radical (unpaired) electrons. The van der Waals surface area contributed by atoms with Gasteiger partial charge in [0.1, 0.15) is 0 Å². The molecule has 0 fully saturated rings. The topological polar surface area (TPSA) is 64.2 Å². The number of hydrogen-bond donors (Lipinski definition) is 1. The number of thiocarbonyl (C=S) groups is 1. The molecule has 0 aliphatic heterocycles. The van der Waals surface area contributed by atoms with E-state index in [1.54, 1.807) is 15.8 Å². The largest absolute Gasteiger partial charge is 0.392 e. The number of rotatable bonds is 6. The first-order valence-corrected chi connectivity index (χ1v) is 6.50. The lowest BCUT2D eigenvalue weighted by Gasteiger charge is -2.21. The molecule has 0 spiro atoms. The van der Waals surface area contributed by atoms with Gasteiger partial charge in [0.2, 0.25) is 0 Å². The molecule has 2 N–H and O–H groups in total. The number of carbonyl (C=O) groups is 1. The highest BCUT2D eigenvalue weighted by Crippen LogP contribution is 2.11. The van der Waals surface area contributed by atoms with E-state index in [9.17, 15) is 4.79 Å². The van der Waals surface area contributed by atoms with Crippen molar-refractivity contribution in [3.05, 3.63) is 17.5 Å². The normalized spacial score (nSPS) is 10.4. The van der Waals surface area contributed by atoms with E-state index in [2.05, 4.69) is 5.10 Å². The molecule has 100 valence electrons. The Balaban J connectivity index is 2.96. The fourth-order valence-corrected chi connectivity index (χ4v) is 2.01. The van der Waals surface area contributed by atoms with Crippen LogP contribution in [0.25, 0.3) is 0 Å². The Morgan fingerprint density at radius 3 is 2.72 bits per heavy atom. The predicted molar refractivity (Wildman–Crippen MR) is 75.6 cm³/mol. The minimum atomic E-state index is -0.0467. The van der Waals surface area contributed by atoms with Crippen molar-refractivity contribution >= 4 is 23.1 Å². The first kappa shape index (κ1) is 14.6. The first-order valence-electron chi connectivity index (χ1n) is 6.09. The quantitative estimate of drug-likeness (QED) is 0.785. The fraction of sp³-hybridized carbons (Fsp3) is 0.583. The van der Waals surface area contributed by atoms with Crippen LogP contribution in [0.3, 0.4) is 0 Å². The molecular weight excluding hydrogens is 248 g/mol. The van der Waals surface area contributed by atoms with Crippen LogP contribution in [0.4, 0.5) is 0 Å². The fourth-order valence-electron chi connectivity index (χ4n) is 1.86. The summed E-state index contributed by atoms with van der Waals surface area (Å²) in [7, 11) is 1.81. The number of nitrogens with two attached hydrogens (primary N) is 1. The Kier molecular flexibility index (Phi) is 5.27. The molecular formula is C12H20N4OS. The smallest absolute Gasteiger partial charge is 0.257 e. The number of hydrogen-bond acceptors (Lipinski definition) is 3. The molecule has 0 saturated carbocycles. The third-order valence-corrected chi connectivity index (χ3v) is 2.73. The monoisotopic (exact) mass is 268 g/mol. The molecule has 1 aromatic rings. The van der Waals surface area contributed by atoms with Crippen LogP contribution in [0.2, 0.25) is 0 Å². The van der Waals surface area contributed by atoms with Crippen molar-refractivity contribution in [2.45, 2.75) is 26.7 Å². The molecule has 6 heteroatoms. The van der Waals surface area contributed by atoms with Crippen LogP contribution in [0, 0.1) is 0 Å². The molecule has 0 aromatic carbocycles. The Morgan fingerprint density at radius 1 is 1.56 bits per heavy atom. The number of aryl methyl sites for hydroxylation is 2. The summed E-state index contributed by atoms with van der Waals surface area (Å²) in [6.07, 6.45) is 3.36. The second-order valence-corrected chi connectivity index (χ2v) is 4.73. The molecule has 0 aliphatic rings. The maximum Gasteiger partial charge on any atom is 0.257 e. The van der Waals surface area contributed by atoms with Crippen molar-refractivity contribution in [1.82, 2.24) is 14.7 Å². The van der Waals surface area contributed by atoms with Crippen molar-refractivity contribution in [2.75, 3.05) is 13.1 Å². The molecule has 1 rings (SSSR count). The molecule has 0 unspecified atom stereocenters. The van der Waals surface area contributed by atoms with E-state index >= 15 is 0 Å². The van der Waals surface area contributed by atoms with Crippen molar-refractivity contribution in [1.29, 1.82) is 0 Å². The van der Waals surface area contributed by atoms with Gasteiger partial charge in [0.05, 0.1) is 22.8 Å². The number of carbonyl (C=O) groups excluding carboxylic acids is 1. The second-order valence-electron chi connectivity index (χ2n) is 4.21. The molecule has 0 atom stereocenters. The van der Waals surface area contributed by atoms with Gasteiger partial charge in [-0.2, -0.15) is 5.10 Å². The third-order valence-electron chi connectivity index (χ3n) is 2.60. The van der Waals surface area contributed by atoms with E-state index in [4.69, 9.17) is 18.0 Å². The Bertz CT molecular complexity index is 441. The van der Waals surface area contributed by atoms with Gasteiger partial charge in [-0.3, -0.25) is 9.48 Å². The van der Waals surface area contributed by atoms with Crippen molar-refractivity contribution in [3.63, 3.8) is 0 Å². The summed E-state index contributed by atoms with van der Waals surface area (Å²) in [4.78, 5) is 14.4. The van der Waals surface area contributed by atoms with Gasteiger partial charge in [-0.1, -0.05) is 26.1 Å². The standard InChI is InChI=1S/C12H20N4OS/c1-4-6-16(8-11(13)18)12(17)9-7-15(3)14-10(9)5-2/h7H,4-6,8H2,1-3H3,(H2,13,18). The van der Waals surface area contributed by atoms with E-state index in [1.807, 2.05) is 20.9 Å². The van der Waals surface area contributed by atoms with Crippen LogP contribution in [0.5, 0.6) is 0 Å². The lowest BCUT2D eigenvalue weighted by molar-refractivity contribution is 0.0779. The zero-order chi connectivity index (χ0) is 13.7. The summed E-state index contributed by atoms with van der Waals surface area (Å²) in [6, 6.07) is 0. The predicted octanol–water partition coefficient (Wildman–Crippen LogP) is 1.12. The Hall–Kier alpha value is -1.43. The highest BCUT2D eigenvalue weighted by atomic mass is 32.1. The highest BCUT2D eigenvalue weighted by molar-refractivity contribution is 7.80. The molecule has 1 heterocycles. The zero-order valence-electron chi connectivity index (χ0n) is 11.1. The summed E-state index contributed by atoms with van der Waals surface area (Å²) in [5.74, 6) is -0.0467. The van der Waals surface area contributed by atoms with Gasteiger partial charge in [0, 0.05) is 19.8 Å². The van der Waals surface area contributed by atoms with Crippen LogP contribution in [-0.2, 0) is 13.5 Å². The summed E-state index contributed by atoms with van der Waals surface area (Å²) in [5, 5.41) is 4.28. The van der Waals surface area contributed by atoms with Crippen LogP contribution >= 0.6 is 12.2 Å². The average molecular weight is 268 g/mol. The van der Waals surface area contributed by atoms with Gasteiger partial charge < -0.3 is 10.6 Å². The van der Waals surface area contributed by atoms with Gasteiger partial charge in [-0.25, -0.2) is 0 Å². The number of amides is 1. The second kappa shape index (κ2) is 6.49. The van der Waals surface area contributed by atoms with Gasteiger partial charge in [0.15, 0.2) is 0 Å². The first-order chi connectivity index (χ1) is 8.49. The van der Waals surface area contributed by atoms with Crippen molar-refractivity contribution < 1.29 is 4.79 Å². The maximum absolute atomic E-state index is 12.4. The van der Waals surface area contributed by atoms with E-state index in [0.717, 1.165) is 18.5 Å². The van der Waals surface area contributed by atoms with Gasteiger partial charge >= 0.3 is 0 Å². The zero-order valence-corrected chi connectivity index (χ0v) is 12.0. The molecule has 1 amide bonds. The average Bonchev–Trinajstić information content (AvgIpc) is 2.68. The Morgan fingerprint density at radius 2 is 2.22 bits per heavy atom. The number of aromatic nitrogens is 2. The molecule has 18 heavy (non-hydrogen) atoms. The van der Waals surface area contributed by atoms with E-state index in [1.165, 1.54) is 0 Å². The molecule has 0 aliphatic carbocycles. The lowest BCUT2D eigenvalue weighted by Crippen LogP contribution is -2.38. The van der Waals surface area contributed by atoms with Crippen molar-refractivity contribution in [3.8, 4) is 0 Å². The highest BCUT2D eigenvalue weighted by Gasteiger charge is 2.20. The number of nitrogens with zero attached hydrogens (tertiary/aromatic N) is 3. The minimum absolute atomic E-state index is 0.0467. The van der Waals surface area contributed by atoms with Crippen LogP contribution < -0.4 is 5.73 Å². The Labute approximate surface area is 113 Å². The van der Waals surface area contributed by atoms with Gasteiger partial charge in [0.25, 0.3) is 5.91 Å². The van der Waals surface area contributed by atoms with Gasteiger partial charge in [-0.15, -0.1) is 0 Å². The summed E-state index contributed by atoms with van der Waals surface area (Å²) in [6.45, 7) is 4.97. The van der Waals surface area contributed by atoms with Crippen LogP contribution in [-0.4, -0.2) is 38.7 Å². The lowest BCUT2D eigenvalue weighted by atomic mass is 10.2. The van der Waals surface area contributed by atoms with E-state index in [-0.39, 0.29) is 5.91 Å². The molecule has 5 nitrogen and oxygen atoms in total. The SMILES string of the molecule is CCCN(CC(N)=S)C(=O)c1cn(C)nc1CC. The van der Waals surface area contributed by atoms with Crippen LogP contribution in [0.15, 0.2) is 6.20 Å².